The number of hydrogen-bond acceptors (Lipinski definition) is 8. The first-order valence-electron chi connectivity index (χ1n) is 10.00. The van der Waals surface area contributed by atoms with E-state index in [0.29, 0.717) is 27.6 Å². The van der Waals surface area contributed by atoms with E-state index in [2.05, 4.69) is 25.5 Å². The molecule has 10 nitrogen and oxygen atoms in total. The Labute approximate surface area is 192 Å². The van der Waals surface area contributed by atoms with E-state index in [-0.39, 0.29) is 34.1 Å². The van der Waals surface area contributed by atoms with Crippen molar-refractivity contribution in [2.24, 2.45) is 5.92 Å². The molecule has 32 heavy (non-hydrogen) atoms. The molecule has 3 aromatic heterocycles. The number of nitrogen functional groups attached to an aromatic ring is 2. The molecule has 0 aliphatic heterocycles. The van der Waals surface area contributed by atoms with Gasteiger partial charge in [0.2, 0.25) is 5.95 Å². The minimum Gasteiger partial charge on any atom is -0.382 e. The Hall–Kier alpha value is -3.37. The molecule has 1 saturated carbocycles. The minimum atomic E-state index is -0.408. The molecule has 0 saturated heterocycles. The first-order chi connectivity index (χ1) is 15.4. The molecule has 1 aliphatic carbocycles. The lowest BCUT2D eigenvalue weighted by Crippen LogP contribution is -2.34. The molecule has 12 heteroatoms. The first-order valence-corrected chi connectivity index (χ1v) is 10.8. The predicted octanol–water partition coefficient (Wildman–Crippen LogP) is 3.32. The van der Waals surface area contributed by atoms with E-state index < -0.39 is 6.04 Å². The van der Waals surface area contributed by atoms with Gasteiger partial charge < -0.3 is 16.8 Å². The number of nitrogens with zero attached hydrogens (tertiary/aromatic N) is 5. The van der Waals surface area contributed by atoms with Gasteiger partial charge in [-0.15, -0.1) is 0 Å². The molecule has 1 aliphatic rings. The number of nitrogens with one attached hydrogen (secondary N) is 2. The van der Waals surface area contributed by atoms with Crippen LogP contribution in [-0.4, -0.2) is 29.7 Å². The summed E-state index contributed by atoms with van der Waals surface area (Å²) < 4.78 is 1.49. The molecule has 4 aromatic rings. The zero-order chi connectivity index (χ0) is 22.4. The topological polar surface area (TPSA) is 153 Å². The molecular formula is C20H19Cl2N9O. The summed E-state index contributed by atoms with van der Waals surface area (Å²) in [5.74, 6) is 1.47. The number of fused-ring (bicyclic) bond motifs is 1. The highest BCUT2D eigenvalue weighted by Crippen LogP contribution is 2.41. The quantitative estimate of drug-likeness (QED) is 0.345. The fourth-order valence-corrected chi connectivity index (χ4v) is 4.30. The number of aromatic amines is 1. The third kappa shape index (κ3) is 3.41. The molecule has 0 radical (unpaired) electrons. The van der Waals surface area contributed by atoms with Crippen LogP contribution in [0.2, 0.25) is 10.0 Å². The summed E-state index contributed by atoms with van der Waals surface area (Å²) in [6.45, 7) is 0. The maximum atomic E-state index is 13.6. The van der Waals surface area contributed by atoms with E-state index >= 15 is 0 Å². The number of nitrogens with two attached hydrogens (primary N) is 2. The van der Waals surface area contributed by atoms with Gasteiger partial charge in [-0.2, -0.15) is 15.1 Å². The van der Waals surface area contributed by atoms with E-state index in [4.69, 9.17) is 39.7 Å². The molecule has 6 N–H and O–H groups in total. The van der Waals surface area contributed by atoms with Crippen molar-refractivity contribution in [1.82, 2.24) is 29.7 Å². The molecule has 0 amide bonds. The van der Waals surface area contributed by atoms with Crippen molar-refractivity contribution in [3.63, 3.8) is 0 Å². The third-order valence-electron chi connectivity index (χ3n) is 5.69. The molecule has 1 atom stereocenters. The van der Waals surface area contributed by atoms with E-state index in [1.54, 1.807) is 30.5 Å². The third-order valence-corrected chi connectivity index (χ3v) is 6.37. The molecular weight excluding hydrogens is 453 g/mol. The lowest BCUT2D eigenvalue weighted by Gasteiger charge is -2.35. The largest absolute Gasteiger partial charge is 0.382 e. The molecule has 164 valence electrons. The zero-order valence-corrected chi connectivity index (χ0v) is 18.2. The minimum absolute atomic E-state index is 0.00836. The molecule has 5 rings (SSSR count). The van der Waals surface area contributed by atoms with E-state index in [9.17, 15) is 4.79 Å². The van der Waals surface area contributed by atoms with Crippen LogP contribution >= 0.6 is 23.2 Å². The predicted molar refractivity (Wildman–Crippen MR) is 124 cm³/mol. The summed E-state index contributed by atoms with van der Waals surface area (Å²) >= 11 is 12.7. The van der Waals surface area contributed by atoms with Gasteiger partial charge in [-0.3, -0.25) is 9.89 Å². The summed E-state index contributed by atoms with van der Waals surface area (Å²) in [7, 11) is 0. The summed E-state index contributed by atoms with van der Waals surface area (Å²) in [6, 6.07) is 6.47. The highest BCUT2D eigenvalue weighted by molar-refractivity contribution is 6.35. The summed E-state index contributed by atoms with van der Waals surface area (Å²) in [5, 5.41) is 11.0. The number of halogens is 2. The second-order valence-electron chi connectivity index (χ2n) is 7.63. The fraction of sp³-hybridized carbons (Fsp3) is 0.250. The second kappa shape index (κ2) is 7.95. The van der Waals surface area contributed by atoms with Crippen molar-refractivity contribution in [2.45, 2.75) is 25.3 Å². The van der Waals surface area contributed by atoms with Crippen LogP contribution in [0, 0.1) is 5.92 Å². The van der Waals surface area contributed by atoms with Crippen molar-refractivity contribution < 1.29 is 0 Å². The Bertz CT molecular complexity index is 1370. The van der Waals surface area contributed by atoms with Crippen LogP contribution in [0.1, 0.15) is 31.1 Å². The van der Waals surface area contributed by atoms with Gasteiger partial charge in [-0.1, -0.05) is 35.7 Å². The van der Waals surface area contributed by atoms with Gasteiger partial charge in [0, 0.05) is 6.07 Å². The van der Waals surface area contributed by atoms with Crippen LogP contribution in [-0.2, 0) is 0 Å². The second-order valence-corrected chi connectivity index (χ2v) is 8.41. The Balaban J connectivity index is 1.75. The van der Waals surface area contributed by atoms with Crippen LogP contribution in [0.15, 0.2) is 35.3 Å². The van der Waals surface area contributed by atoms with Crippen molar-refractivity contribution in [3.05, 3.63) is 56.7 Å². The van der Waals surface area contributed by atoms with Gasteiger partial charge >= 0.3 is 0 Å². The van der Waals surface area contributed by atoms with Crippen molar-refractivity contribution in [1.29, 1.82) is 0 Å². The van der Waals surface area contributed by atoms with Crippen molar-refractivity contribution >= 4 is 51.7 Å². The van der Waals surface area contributed by atoms with Crippen LogP contribution in [0.3, 0.4) is 0 Å². The summed E-state index contributed by atoms with van der Waals surface area (Å²) in [6.07, 6.45) is 4.52. The van der Waals surface area contributed by atoms with Gasteiger partial charge in [-0.05, 0) is 30.9 Å². The number of aromatic nitrogens is 6. The molecule has 3 heterocycles. The fourth-order valence-electron chi connectivity index (χ4n) is 3.91. The van der Waals surface area contributed by atoms with Crippen LogP contribution in [0.5, 0.6) is 0 Å². The van der Waals surface area contributed by atoms with E-state index in [1.807, 2.05) is 0 Å². The summed E-state index contributed by atoms with van der Waals surface area (Å²) in [4.78, 5) is 26.6. The van der Waals surface area contributed by atoms with Crippen LogP contribution in [0.25, 0.3) is 16.7 Å². The van der Waals surface area contributed by atoms with Gasteiger partial charge in [0.05, 0.1) is 28.2 Å². The first kappa shape index (κ1) is 20.5. The Morgan fingerprint density at radius 2 is 1.97 bits per heavy atom. The highest BCUT2D eigenvalue weighted by atomic mass is 35.5. The number of rotatable bonds is 5. The maximum absolute atomic E-state index is 13.6. The lowest BCUT2D eigenvalue weighted by molar-refractivity contribution is 0.268. The van der Waals surface area contributed by atoms with Gasteiger partial charge in [0.1, 0.15) is 22.5 Å². The Morgan fingerprint density at radius 1 is 1.16 bits per heavy atom. The Morgan fingerprint density at radius 3 is 2.66 bits per heavy atom. The number of H-pyrrole nitrogens is 1. The maximum Gasteiger partial charge on any atom is 0.268 e. The standard InChI is InChI=1S/C20H19Cl2N9O/c21-10-5-2-6-11-13(10)19(32)31(12-7-8-25-30-12)18(26-11)15(9-3-1-4-9)27-17-14(22)16(23)28-20(24)29-17/h2,5-9,15H,1,3-4H2,(H,25,30)(H5,23,24,27,28,29)/t15-/m0/s1. The average molecular weight is 472 g/mol. The normalized spacial score (nSPS) is 14.9. The number of anilines is 3. The molecule has 1 fully saturated rings. The number of benzene rings is 1. The monoisotopic (exact) mass is 471 g/mol. The smallest absolute Gasteiger partial charge is 0.268 e. The SMILES string of the molecule is Nc1nc(N)c(Cl)c(N[C@H](c2nc3cccc(Cl)c3c(=O)n2-c2ccn[nH]2)C2CCC2)n1. The molecule has 0 spiro atoms. The molecule has 0 unspecified atom stereocenters. The average Bonchev–Trinajstić information content (AvgIpc) is 3.23. The van der Waals surface area contributed by atoms with Gasteiger partial charge in [0.25, 0.3) is 5.56 Å². The van der Waals surface area contributed by atoms with Crippen molar-refractivity contribution in [3.8, 4) is 5.82 Å². The lowest BCUT2D eigenvalue weighted by atomic mass is 9.79. The van der Waals surface area contributed by atoms with Crippen LogP contribution in [0.4, 0.5) is 17.6 Å². The van der Waals surface area contributed by atoms with Crippen molar-refractivity contribution in [2.75, 3.05) is 16.8 Å². The van der Waals surface area contributed by atoms with E-state index in [0.717, 1.165) is 19.3 Å². The number of hydrogen-bond donors (Lipinski definition) is 4. The summed E-state index contributed by atoms with van der Waals surface area (Å²) in [5.41, 5.74) is 11.9. The van der Waals surface area contributed by atoms with Crippen LogP contribution < -0.4 is 22.3 Å². The van der Waals surface area contributed by atoms with Gasteiger partial charge in [0.15, 0.2) is 5.82 Å². The van der Waals surface area contributed by atoms with E-state index in [1.165, 1.54) is 4.57 Å². The highest BCUT2D eigenvalue weighted by Gasteiger charge is 2.34. The molecule has 1 aromatic carbocycles. The van der Waals surface area contributed by atoms with Gasteiger partial charge in [-0.25, -0.2) is 9.55 Å². The Kier molecular flexibility index (Phi) is 5.10. The molecule has 0 bridgehead atoms. The zero-order valence-electron chi connectivity index (χ0n) is 16.7.